The Bertz CT molecular complexity index is 495. The van der Waals surface area contributed by atoms with Gasteiger partial charge in [-0.05, 0) is 11.6 Å². The van der Waals surface area contributed by atoms with Crippen LogP contribution in [0.15, 0.2) is 36.7 Å². The van der Waals surface area contributed by atoms with E-state index in [-0.39, 0.29) is 5.75 Å². The number of aldehydes is 1. The van der Waals surface area contributed by atoms with Gasteiger partial charge in [-0.1, -0.05) is 18.2 Å². The highest BCUT2D eigenvalue weighted by molar-refractivity contribution is 5.60. The Hall–Kier alpha value is -2.23. The Morgan fingerprint density at radius 3 is 2.69 bits per heavy atom. The molecule has 1 heterocycles. The number of carbonyl (C=O) groups is 1. The minimum Gasteiger partial charge on any atom is -0.505 e. The van der Waals surface area contributed by atoms with E-state index in [0.29, 0.717) is 12.2 Å². The summed E-state index contributed by atoms with van der Waals surface area (Å²) in [6.45, 7) is 0. The molecule has 4 heteroatoms. The summed E-state index contributed by atoms with van der Waals surface area (Å²) >= 11 is 0. The smallest absolute Gasteiger partial charge is 0.159 e. The van der Waals surface area contributed by atoms with Crippen LogP contribution in [0.1, 0.15) is 5.56 Å². The van der Waals surface area contributed by atoms with E-state index in [0.717, 1.165) is 17.4 Å². The minimum atomic E-state index is 0.0350. The normalized spacial score (nSPS) is 10.0. The summed E-state index contributed by atoms with van der Waals surface area (Å²) in [6.07, 6.45) is 3.92. The van der Waals surface area contributed by atoms with Crippen molar-refractivity contribution in [2.75, 3.05) is 0 Å². The molecule has 2 aromatic rings. The molecule has 0 aliphatic heterocycles. The molecular formula is C12H10N2O2. The standard InChI is InChI=1S/C12H10N2O2/c15-5-4-9-2-1-3-10(6-9)12-13-7-11(16)8-14-12/h1-3,5-8,16H,4H2. The maximum absolute atomic E-state index is 10.4. The second-order valence-corrected chi connectivity index (χ2v) is 3.34. The van der Waals surface area contributed by atoms with Gasteiger partial charge in [0.1, 0.15) is 6.29 Å². The van der Waals surface area contributed by atoms with Gasteiger partial charge in [-0.2, -0.15) is 0 Å². The second kappa shape index (κ2) is 4.53. The molecule has 0 bridgehead atoms. The molecule has 1 N–H and O–H groups in total. The highest BCUT2D eigenvalue weighted by atomic mass is 16.3. The van der Waals surface area contributed by atoms with E-state index in [2.05, 4.69) is 9.97 Å². The monoisotopic (exact) mass is 214 g/mol. The van der Waals surface area contributed by atoms with Crippen molar-refractivity contribution in [2.24, 2.45) is 0 Å². The van der Waals surface area contributed by atoms with Gasteiger partial charge in [-0.15, -0.1) is 0 Å². The zero-order valence-electron chi connectivity index (χ0n) is 8.50. The van der Waals surface area contributed by atoms with Gasteiger partial charge in [0, 0.05) is 12.0 Å². The third-order valence-electron chi connectivity index (χ3n) is 2.14. The lowest BCUT2D eigenvalue weighted by Gasteiger charge is -2.01. The summed E-state index contributed by atoms with van der Waals surface area (Å²) in [5.74, 6) is 0.568. The van der Waals surface area contributed by atoms with Gasteiger partial charge >= 0.3 is 0 Å². The van der Waals surface area contributed by atoms with Gasteiger partial charge in [0.15, 0.2) is 11.6 Å². The number of benzene rings is 1. The zero-order valence-corrected chi connectivity index (χ0v) is 8.50. The number of carbonyl (C=O) groups excluding carboxylic acids is 1. The van der Waals surface area contributed by atoms with Gasteiger partial charge < -0.3 is 9.90 Å². The molecule has 0 atom stereocenters. The molecule has 4 nitrogen and oxygen atoms in total. The van der Waals surface area contributed by atoms with Crippen molar-refractivity contribution in [1.29, 1.82) is 0 Å². The van der Waals surface area contributed by atoms with E-state index in [4.69, 9.17) is 5.11 Å². The third-order valence-corrected chi connectivity index (χ3v) is 2.14. The van der Waals surface area contributed by atoms with E-state index in [1.165, 1.54) is 12.4 Å². The van der Waals surface area contributed by atoms with Crippen LogP contribution in [-0.2, 0) is 11.2 Å². The van der Waals surface area contributed by atoms with Crippen LogP contribution >= 0.6 is 0 Å². The van der Waals surface area contributed by atoms with Crippen molar-refractivity contribution in [1.82, 2.24) is 9.97 Å². The second-order valence-electron chi connectivity index (χ2n) is 3.34. The summed E-state index contributed by atoms with van der Waals surface area (Å²) in [5, 5.41) is 9.07. The molecular weight excluding hydrogens is 204 g/mol. The van der Waals surface area contributed by atoms with Crippen LogP contribution in [0.4, 0.5) is 0 Å². The van der Waals surface area contributed by atoms with E-state index >= 15 is 0 Å². The average molecular weight is 214 g/mol. The molecule has 0 saturated carbocycles. The van der Waals surface area contributed by atoms with E-state index in [1.807, 2.05) is 24.3 Å². The Kier molecular flexibility index (Phi) is 2.91. The molecule has 1 aromatic carbocycles. The van der Waals surface area contributed by atoms with Crippen molar-refractivity contribution < 1.29 is 9.90 Å². The molecule has 0 aliphatic carbocycles. The van der Waals surface area contributed by atoms with E-state index in [1.54, 1.807) is 0 Å². The molecule has 16 heavy (non-hydrogen) atoms. The predicted octanol–water partition coefficient (Wildman–Crippen LogP) is 1.59. The summed E-state index contributed by atoms with van der Waals surface area (Å²) in [5.41, 5.74) is 1.75. The summed E-state index contributed by atoms with van der Waals surface area (Å²) < 4.78 is 0. The molecule has 1 aromatic heterocycles. The molecule has 0 spiro atoms. The zero-order chi connectivity index (χ0) is 11.4. The van der Waals surface area contributed by atoms with Crippen LogP contribution in [0.5, 0.6) is 5.75 Å². The van der Waals surface area contributed by atoms with Gasteiger partial charge in [-0.25, -0.2) is 9.97 Å². The van der Waals surface area contributed by atoms with Gasteiger partial charge in [-0.3, -0.25) is 0 Å². The van der Waals surface area contributed by atoms with Gasteiger partial charge in [0.2, 0.25) is 0 Å². The largest absolute Gasteiger partial charge is 0.505 e. The fraction of sp³-hybridized carbons (Fsp3) is 0.0833. The summed E-state index contributed by atoms with van der Waals surface area (Å²) in [4.78, 5) is 18.4. The molecule has 0 aliphatic rings. The highest BCUT2D eigenvalue weighted by Crippen LogP contribution is 2.17. The van der Waals surface area contributed by atoms with Crippen LogP contribution < -0.4 is 0 Å². The Balaban J connectivity index is 2.36. The van der Waals surface area contributed by atoms with Crippen molar-refractivity contribution >= 4 is 6.29 Å². The van der Waals surface area contributed by atoms with Crippen LogP contribution in [0.2, 0.25) is 0 Å². The van der Waals surface area contributed by atoms with Crippen LogP contribution in [-0.4, -0.2) is 21.4 Å². The summed E-state index contributed by atoms with van der Waals surface area (Å²) in [6, 6.07) is 7.45. The van der Waals surface area contributed by atoms with Gasteiger partial charge in [0.05, 0.1) is 12.4 Å². The van der Waals surface area contributed by atoms with Crippen LogP contribution in [0.3, 0.4) is 0 Å². The molecule has 80 valence electrons. The highest BCUT2D eigenvalue weighted by Gasteiger charge is 2.01. The predicted molar refractivity (Wildman–Crippen MR) is 58.9 cm³/mol. The number of hydrogen-bond acceptors (Lipinski definition) is 4. The Labute approximate surface area is 92.6 Å². The molecule has 0 unspecified atom stereocenters. The first-order chi connectivity index (χ1) is 7.79. The number of aromatic hydroxyl groups is 1. The molecule has 0 saturated heterocycles. The topological polar surface area (TPSA) is 63.1 Å². The third kappa shape index (κ3) is 2.23. The fourth-order valence-electron chi connectivity index (χ4n) is 1.40. The van der Waals surface area contributed by atoms with E-state index in [9.17, 15) is 4.79 Å². The van der Waals surface area contributed by atoms with Crippen molar-refractivity contribution in [3.63, 3.8) is 0 Å². The first-order valence-electron chi connectivity index (χ1n) is 4.83. The van der Waals surface area contributed by atoms with Crippen LogP contribution in [0.25, 0.3) is 11.4 Å². The van der Waals surface area contributed by atoms with Gasteiger partial charge in [0.25, 0.3) is 0 Å². The van der Waals surface area contributed by atoms with E-state index < -0.39 is 0 Å². The molecule has 0 radical (unpaired) electrons. The van der Waals surface area contributed by atoms with Crippen molar-refractivity contribution in [3.05, 3.63) is 42.2 Å². The van der Waals surface area contributed by atoms with Crippen molar-refractivity contribution in [2.45, 2.75) is 6.42 Å². The number of aromatic nitrogens is 2. The fourth-order valence-corrected chi connectivity index (χ4v) is 1.40. The first kappa shape index (κ1) is 10.3. The quantitative estimate of drug-likeness (QED) is 0.788. The first-order valence-corrected chi connectivity index (χ1v) is 4.83. The Morgan fingerprint density at radius 2 is 2.00 bits per heavy atom. The lowest BCUT2D eigenvalue weighted by molar-refractivity contribution is -0.107. The lowest BCUT2D eigenvalue weighted by atomic mass is 10.1. The SMILES string of the molecule is O=CCc1cccc(-c2ncc(O)cn2)c1. The Morgan fingerprint density at radius 1 is 1.25 bits per heavy atom. The van der Waals surface area contributed by atoms with Crippen LogP contribution in [0, 0.1) is 0 Å². The number of hydrogen-bond donors (Lipinski definition) is 1. The number of rotatable bonds is 3. The molecule has 0 fully saturated rings. The summed E-state index contributed by atoms with van der Waals surface area (Å²) in [7, 11) is 0. The maximum atomic E-state index is 10.4. The molecule has 2 rings (SSSR count). The maximum Gasteiger partial charge on any atom is 0.159 e. The average Bonchev–Trinajstić information content (AvgIpc) is 2.31. The minimum absolute atomic E-state index is 0.0350. The number of nitrogens with zero attached hydrogens (tertiary/aromatic N) is 2. The lowest BCUT2D eigenvalue weighted by Crippen LogP contribution is -1.90. The molecule has 0 amide bonds. The van der Waals surface area contributed by atoms with Crippen molar-refractivity contribution in [3.8, 4) is 17.1 Å².